The standard InChI is InChI=1S/C20H17N3OS/c1-21-20-23-17-9-7-15(11-18(17)25-20)16-8-10-19(22-12-16)24-13-14-5-3-2-4-6-14/h2-12H,13H2,1H3,(H,21,23). The minimum absolute atomic E-state index is 0.521. The highest BCUT2D eigenvalue weighted by atomic mass is 32.1. The maximum Gasteiger partial charge on any atom is 0.213 e. The minimum atomic E-state index is 0.521. The van der Waals surface area contributed by atoms with Crippen LogP contribution in [0.15, 0.2) is 66.9 Å². The van der Waals surface area contributed by atoms with Gasteiger partial charge in [-0.2, -0.15) is 0 Å². The van der Waals surface area contributed by atoms with Gasteiger partial charge in [-0.25, -0.2) is 9.97 Å². The number of hydrogen-bond acceptors (Lipinski definition) is 5. The third-order valence-electron chi connectivity index (χ3n) is 3.90. The van der Waals surface area contributed by atoms with Crippen molar-refractivity contribution in [2.45, 2.75) is 6.61 Å². The van der Waals surface area contributed by atoms with Gasteiger partial charge in [-0.3, -0.25) is 0 Å². The van der Waals surface area contributed by atoms with E-state index in [-0.39, 0.29) is 0 Å². The number of benzene rings is 2. The molecule has 0 atom stereocenters. The first-order valence-electron chi connectivity index (χ1n) is 8.03. The smallest absolute Gasteiger partial charge is 0.213 e. The summed E-state index contributed by atoms with van der Waals surface area (Å²) in [6.07, 6.45) is 1.85. The van der Waals surface area contributed by atoms with Crippen molar-refractivity contribution in [3.63, 3.8) is 0 Å². The molecule has 2 aromatic heterocycles. The minimum Gasteiger partial charge on any atom is -0.473 e. The normalized spacial score (nSPS) is 10.8. The van der Waals surface area contributed by atoms with Crippen molar-refractivity contribution >= 4 is 26.7 Å². The van der Waals surface area contributed by atoms with Crippen LogP contribution in [0.4, 0.5) is 5.13 Å². The Morgan fingerprint density at radius 2 is 1.84 bits per heavy atom. The van der Waals surface area contributed by atoms with Gasteiger partial charge in [0.2, 0.25) is 5.88 Å². The molecular formula is C20H17N3OS. The number of nitrogens with zero attached hydrogens (tertiary/aromatic N) is 2. The number of anilines is 1. The second-order valence-electron chi connectivity index (χ2n) is 5.61. The second kappa shape index (κ2) is 6.91. The Bertz CT molecular complexity index is 981. The predicted molar refractivity (Wildman–Crippen MR) is 103 cm³/mol. The summed E-state index contributed by atoms with van der Waals surface area (Å²) < 4.78 is 6.90. The third kappa shape index (κ3) is 3.46. The van der Waals surface area contributed by atoms with Gasteiger partial charge in [0.05, 0.1) is 10.2 Å². The summed E-state index contributed by atoms with van der Waals surface area (Å²) >= 11 is 1.65. The van der Waals surface area contributed by atoms with E-state index >= 15 is 0 Å². The van der Waals surface area contributed by atoms with E-state index in [4.69, 9.17) is 4.74 Å². The highest BCUT2D eigenvalue weighted by Gasteiger charge is 2.06. The lowest BCUT2D eigenvalue weighted by Crippen LogP contribution is -1.96. The molecule has 0 saturated carbocycles. The molecule has 124 valence electrons. The van der Waals surface area contributed by atoms with Gasteiger partial charge in [0.25, 0.3) is 0 Å². The molecule has 4 nitrogen and oxygen atoms in total. The number of aromatic nitrogens is 2. The number of ether oxygens (including phenoxy) is 1. The molecule has 0 bridgehead atoms. The number of pyridine rings is 1. The molecular weight excluding hydrogens is 330 g/mol. The Morgan fingerprint density at radius 1 is 1.00 bits per heavy atom. The molecule has 5 heteroatoms. The van der Waals surface area contributed by atoms with Gasteiger partial charge in [-0.05, 0) is 29.3 Å². The van der Waals surface area contributed by atoms with Gasteiger partial charge in [0.1, 0.15) is 6.61 Å². The number of rotatable bonds is 5. The van der Waals surface area contributed by atoms with Crippen LogP contribution in [0.3, 0.4) is 0 Å². The molecule has 25 heavy (non-hydrogen) atoms. The van der Waals surface area contributed by atoms with Crippen LogP contribution in [0.25, 0.3) is 21.3 Å². The number of nitrogens with one attached hydrogen (secondary N) is 1. The maximum atomic E-state index is 5.74. The lowest BCUT2D eigenvalue weighted by molar-refractivity contribution is 0.294. The fraction of sp³-hybridized carbons (Fsp3) is 0.100. The van der Waals surface area contributed by atoms with Gasteiger partial charge >= 0.3 is 0 Å². The van der Waals surface area contributed by atoms with E-state index in [1.54, 1.807) is 11.3 Å². The van der Waals surface area contributed by atoms with Crippen LogP contribution in [-0.4, -0.2) is 17.0 Å². The summed E-state index contributed by atoms with van der Waals surface area (Å²) in [4.78, 5) is 8.93. The topological polar surface area (TPSA) is 47.0 Å². The van der Waals surface area contributed by atoms with E-state index in [0.29, 0.717) is 12.5 Å². The first kappa shape index (κ1) is 15.6. The lowest BCUT2D eigenvalue weighted by atomic mass is 10.1. The number of hydrogen-bond donors (Lipinski definition) is 1. The third-order valence-corrected chi connectivity index (χ3v) is 4.94. The molecule has 0 aliphatic carbocycles. The van der Waals surface area contributed by atoms with E-state index in [1.807, 2.05) is 61.8 Å². The molecule has 0 unspecified atom stereocenters. The number of fused-ring (bicyclic) bond motifs is 1. The molecule has 0 radical (unpaired) electrons. The van der Waals surface area contributed by atoms with E-state index in [2.05, 4.69) is 27.4 Å². The zero-order valence-electron chi connectivity index (χ0n) is 13.8. The van der Waals surface area contributed by atoms with Crippen molar-refractivity contribution < 1.29 is 4.74 Å². The average molecular weight is 347 g/mol. The first-order valence-corrected chi connectivity index (χ1v) is 8.85. The Labute approximate surface area is 150 Å². The van der Waals surface area contributed by atoms with Gasteiger partial charge in [-0.15, -0.1) is 0 Å². The molecule has 0 fully saturated rings. The SMILES string of the molecule is CNc1nc2ccc(-c3ccc(OCc4ccccc4)nc3)cc2s1. The maximum absolute atomic E-state index is 5.74. The highest BCUT2D eigenvalue weighted by Crippen LogP contribution is 2.30. The summed E-state index contributed by atoms with van der Waals surface area (Å²) in [7, 11) is 1.89. The second-order valence-corrected chi connectivity index (χ2v) is 6.64. The van der Waals surface area contributed by atoms with Crippen LogP contribution in [0.1, 0.15) is 5.56 Å². The van der Waals surface area contributed by atoms with Gasteiger partial charge in [0.15, 0.2) is 5.13 Å². The molecule has 0 amide bonds. The average Bonchev–Trinajstić information content (AvgIpc) is 3.10. The van der Waals surface area contributed by atoms with Crippen molar-refractivity contribution in [1.29, 1.82) is 0 Å². The molecule has 4 rings (SSSR count). The van der Waals surface area contributed by atoms with Crippen LogP contribution in [0, 0.1) is 0 Å². The molecule has 0 aliphatic rings. The fourth-order valence-electron chi connectivity index (χ4n) is 2.58. The molecule has 2 heterocycles. The Kier molecular flexibility index (Phi) is 4.31. The summed E-state index contributed by atoms with van der Waals surface area (Å²) in [5.74, 6) is 0.629. The predicted octanol–water partition coefficient (Wildman–Crippen LogP) is 4.98. The molecule has 0 aliphatic heterocycles. The fourth-order valence-corrected chi connectivity index (χ4v) is 3.44. The van der Waals surface area contributed by atoms with Crippen molar-refractivity contribution in [1.82, 2.24) is 9.97 Å². The summed E-state index contributed by atoms with van der Waals surface area (Å²) in [6, 6.07) is 20.3. The molecule has 2 aromatic carbocycles. The monoisotopic (exact) mass is 347 g/mol. The van der Waals surface area contributed by atoms with Crippen LogP contribution < -0.4 is 10.1 Å². The van der Waals surface area contributed by atoms with Crippen molar-refractivity contribution in [2.24, 2.45) is 0 Å². The zero-order valence-corrected chi connectivity index (χ0v) is 14.6. The van der Waals surface area contributed by atoms with Gasteiger partial charge in [-0.1, -0.05) is 47.7 Å². The van der Waals surface area contributed by atoms with Crippen molar-refractivity contribution in [3.05, 3.63) is 72.4 Å². The molecule has 0 saturated heterocycles. The van der Waals surface area contributed by atoms with Crippen LogP contribution in [0.2, 0.25) is 0 Å². The first-order chi connectivity index (χ1) is 12.3. The quantitative estimate of drug-likeness (QED) is 0.553. The van der Waals surface area contributed by atoms with E-state index < -0.39 is 0 Å². The summed E-state index contributed by atoms with van der Waals surface area (Å²) in [5, 5.41) is 4.01. The molecule has 4 aromatic rings. The van der Waals surface area contributed by atoms with Crippen molar-refractivity contribution in [3.8, 4) is 17.0 Å². The zero-order chi connectivity index (χ0) is 17.1. The van der Waals surface area contributed by atoms with Gasteiger partial charge < -0.3 is 10.1 Å². The largest absolute Gasteiger partial charge is 0.473 e. The molecule has 0 spiro atoms. The van der Waals surface area contributed by atoms with Crippen molar-refractivity contribution in [2.75, 3.05) is 12.4 Å². The van der Waals surface area contributed by atoms with Gasteiger partial charge in [0, 0.05) is 24.9 Å². The van der Waals surface area contributed by atoms with Crippen LogP contribution in [-0.2, 0) is 6.61 Å². The Hall–Kier alpha value is -2.92. The van der Waals surface area contributed by atoms with Crippen LogP contribution in [0.5, 0.6) is 5.88 Å². The lowest BCUT2D eigenvalue weighted by Gasteiger charge is -2.06. The Morgan fingerprint density at radius 3 is 2.60 bits per heavy atom. The number of thiazole rings is 1. The Balaban J connectivity index is 1.51. The highest BCUT2D eigenvalue weighted by molar-refractivity contribution is 7.22. The van der Waals surface area contributed by atoms with E-state index in [0.717, 1.165) is 32.0 Å². The van der Waals surface area contributed by atoms with Crippen LogP contribution >= 0.6 is 11.3 Å². The van der Waals surface area contributed by atoms with E-state index in [9.17, 15) is 0 Å². The van der Waals surface area contributed by atoms with E-state index in [1.165, 1.54) is 0 Å². The molecule has 1 N–H and O–H groups in total. The summed E-state index contributed by atoms with van der Waals surface area (Å²) in [5.41, 5.74) is 4.33. The summed E-state index contributed by atoms with van der Waals surface area (Å²) in [6.45, 7) is 0.521.